The van der Waals surface area contributed by atoms with Gasteiger partial charge in [0, 0.05) is 17.8 Å². The number of aromatic nitrogens is 1. The van der Waals surface area contributed by atoms with Crippen molar-refractivity contribution < 1.29 is 31.5 Å². The number of nitrogens with one attached hydrogen (secondary N) is 2. The molecule has 1 fully saturated rings. The number of hydrogen-bond donors (Lipinski definition) is 2. The van der Waals surface area contributed by atoms with Crippen molar-refractivity contribution in [2.75, 3.05) is 18.9 Å². The van der Waals surface area contributed by atoms with Gasteiger partial charge in [-0.2, -0.15) is 0 Å². The smallest absolute Gasteiger partial charge is 0.324 e. The van der Waals surface area contributed by atoms with Crippen molar-refractivity contribution >= 4 is 21.8 Å². The lowest BCUT2D eigenvalue weighted by atomic mass is 10.3. The monoisotopic (exact) mass is 427 g/mol. The molecule has 2 N–H and O–H groups in total. The van der Waals surface area contributed by atoms with E-state index in [4.69, 9.17) is 4.74 Å². The third-order valence-electron chi connectivity index (χ3n) is 4.22. The number of H-pyrrole nitrogens is 1. The number of imide groups is 1. The number of halogens is 2. The zero-order chi connectivity index (χ0) is 21.0. The van der Waals surface area contributed by atoms with Gasteiger partial charge in [0.05, 0.1) is 17.2 Å². The summed E-state index contributed by atoms with van der Waals surface area (Å²) in [7, 11) is -3.66. The molecule has 0 bridgehead atoms. The van der Waals surface area contributed by atoms with Crippen LogP contribution in [0.3, 0.4) is 0 Å². The maximum absolute atomic E-state index is 12.5. The van der Waals surface area contributed by atoms with Crippen LogP contribution in [0.2, 0.25) is 0 Å². The molecule has 1 aliphatic rings. The molecule has 1 aromatic heterocycles. The summed E-state index contributed by atoms with van der Waals surface area (Å²) in [5.74, 6) is -0.506. The number of carbonyl (C=O) groups excluding carboxylic acids is 2. The molecule has 29 heavy (non-hydrogen) atoms. The fraction of sp³-hybridized carbons (Fsp3) is 0.333. The molecular formula is C18H19F2N3O5S. The summed E-state index contributed by atoms with van der Waals surface area (Å²) in [5, 5.41) is 2.18. The van der Waals surface area contributed by atoms with Crippen molar-refractivity contribution in [1.29, 1.82) is 0 Å². The average Bonchev–Trinajstić information content (AvgIpc) is 3.24. The number of nitrogens with zero attached hydrogens (tertiary/aromatic N) is 1. The number of sulfone groups is 1. The van der Waals surface area contributed by atoms with Gasteiger partial charge in [0.2, 0.25) is 5.91 Å². The van der Waals surface area contributed by atoms with Gasteiger partial charge in [-0.05, 0) is 30.3 Å². The van der Waals surface area contributed by atoms with Crippen LogP contribution in [0.5, 0.6) is 5.75 Å². The molecule has 156 valence electrons. The maximum atomic E-state index is 12.5. The van der Waals surface area contributed by atoms with E-state index < -0.39 is 28.9 Å². The lowest BCUT2D eigenvalue weighted by Gasteiger charge is -2.11. The molecule has 0 radical (unpaired) electrons. The quantitative estimate of drug-likeness (QED) is 0.593. The Hall–Kier alpha value is -2.95. The molecule has 0 spiro atoms. The van der Waals surface area contributed by atoms with Crippen molar-refractivity contribution in [3.63, 3.8) is 0 Å². The minimum atomic E-state index is -3.66. The van der Waals surface area contributed by atoms with Gasteiger partial charge in [0.1, 0.15) is 18.9 Å². The van der Waals surface area contributed by atoms with E-state index in [0.29, 0.717) is 11.4 Å². The Kier molecular flexibility index (Phi) is 6.16. The van der Waals surface area contributed by atoms with E-state index in [-0.39, 0.29) is 41.8 Å². The lowest BCUT2D eigenvalue weighted by Crippen LogP contribution is -2.27. The van der Waals surface area contributed by atoms with Crippen LogP contribution < -0.4 is 10.1 Å². The number of urea groups is 1. The van der Waals surface area contributed by atoms with Gasteiger partial charge in [-0.25, -0.2) is 22.0 Å². The molecule has 3 amide bonds. The van der Waals surface area contributed by atoms with Crippen LogP contribution in [0.4, 0.5) is 13.6 Å². The van der Waals surface area contributed by atoms with Crippen LogP contribution in [-0.2, 0) is 27.6 Å². The van der Waals surface area contributed by atoms with Crippen molar-refractivity contribution in [2.45, 2.75) is 24.3 Å². The van der Waals surface area contributed by atoms with Crippen LogP contribution in [0.25, 0.3) is 0 Å². The average molecular weight is 427 g/mol. The van der Waals surface area contributed by atoms with Gasteiger partial charge < -0.3 is 14.6 Å². The van der Waals surface area contributed by atoms with E-state index in [1.54, 1.807) is 12.1 Å². The Morgan fingerprint density at radius 1 is 1.14 bits per heavy atom. The number of rotatable bonds is 9. The third kappa shape index (κ3) is 5.53. The standard InChI is InChI=1S/C18H19F2N3O5S/c19-16(20)11-28-14-2-1-3-15(8-14)29(26,27)7-6-12-4-5-13(21-12)9-23-10-17(24)22-18(23)25/h1-5,8,16,21H,6-7,9-11H2,(H,22,24,25). The number of alkyl halides is 2. The first kappa shape index (κ1) is 20.8. The predicted molar refractivity (Wildman–Crippen MR) is 98.4 cm³/mol. The molecule has 2 heterocycles. The summed E-state index contributed by atoms with van der Waals surface area (Å²) in [6.07, 6.45) is -2.46. The highest BCUT2D eigenvalue weighted by molar-refractivity contribution is 7.91. The molecule has 11 heteroatoms. The Balaban J connectivity index is 1.59. The summed E-state index contributed by atoms with van der Waals surface area (Å²) in [5.41, 5.74) is 1.32. The summed E-state index contributed by atoms with van der Waals surface area (Å²) in [6, 6.07) is 8.41. The first-order valence-corrected chi connectivity index (χ1v) is 10.4. The number of amides is 3. The van der Waals surface area contributed by atoms with Crippen molar-refractivity contribution in [3.05, 3.63) is 47.8 Å². The number of aromatic amines is 1. The van der Waals surface area contributed by atoms with Gasteiger partial charge >= 0.3 is 6.03 Å². The van der Waals surface area contributed by atoms with E-state index in [0.717, 1.165) is 0 Å². The maximum Gasteiger partial charge on any atom is 0.324 e. The molecule has 1 aromatic carbocycles. The predicted octanol–water partition coefficient (Wildman–Crippen LogP) is 1.73. The minimum Gasteiger partial charge on any atom is -0.488 e. The second-order valence-electron chi connectivity index (χ2n) is 6.46. The molecular weight excluding hydrogens is 408 g/mol. The largest absolute Gasteiger partial charge is 0.488 e. The van der Waals surface area contributed by atoms with E-state index in [1.165, 1.54) is 29.2 Å². The Morgan fingerprint density at radius 2 is 1.90 bits per heavy atom. The van der Waals surface area contributed by atoms with Crippen LogP contribution >= 0.6 is 0 Å². The number of benzene rings is 1. The molecule has 0 unspecified atom stereocenters. The fourth-order valence-corrected chi connectivity index (χ4v) is 4.13. The molecule has 8 nitrogen and oxygen atoms in total. The Labute approximate surface area is 165 Å². The van der Waals surface area contributed by atoms with Crippen LogP contribution in [0.1, 0.15) is 11.4 Å². The summed E-state index contributed by atoms with van der Waals surface area (Å²) < 4.78 is 54.4. The van der Waals surface area contributed by atoms with E-state index >= 15 is 0 Å². The minimum absolute atomic E-state index is 0.0108. The summed E-state index contributed by atoms with van der Waals surface area (Å²) in [4.78, 5) is 27.1. The highest BCUT2D eigenvalue weighted by Crippen LogP contribution is 2.20. The van der Waals surface area contributed by atoms with Crippen molar-refractivity contribution in [1.82, 2.24) is 15.2 Å². The second kappa shape index (κ2) is 8.60. The van der Waals surface area contributed by atoms with Crippen LogP contribution in [0, 0.1) is 0 Å². The van der Waals surface area contributed by atoms with Crippen LogP contribution in [0.15, 0.2) is 41.3 Å². The van der Waals surface area contributed by atoms with Gasteiger partial charge in [-0.1, -0.05) is 6.07 Å². The van der Waals surface area contributed by atoms with Gasteiger partial charge in [0.25, 0.3) is 6.43 Å². The summed E-state index contributed by atoms with van der Waals surface area (Å²) >= 11 is 0. The normalized spacial score (nSPS) is 14.5. The number of hydrogen-bond acceptors (Lipinski definition) is 5. The number of aryl methyl sites for hydroxylation is 1. The van der Waals surface area contributed by atoms with E-state index in [2.05, 4.69) is 10.3 Å². The van der Waals surface area contributed by atoms with Crippen molar-refractivity contribution in [3.8, 4) is 5.75 Å². The van der Waals surface area contributed by atoms with E-state index in [9.17, 15) is 26.8 Å². The molecule has 3 rings (SSSR count). The molecule has 2 aromatic rings. The first-order chi connectivity index (χ1) is 13.7. The Morgan fingerprint density at radius 3 is 2.59 bits per heavy atom. The molecule has 0 saturated carbocycles. The van der Waals surface area contributed by atoms with Crippen LogP contribution in [-0.4, -0.2) is 55.6 Å². The summed E-state index contributed by atoms with van der Waals surface area (Å²) in [6.45, 7) is -0.630. The number of carbonyl (C=O) groups is 2. The topological polar surface area (TPSA) is 109 Å². The van der Waals surface area contributed by atoms with Gasteiger partial charge in [0.15, 0.2) is 9.84 Å². The molecule has 0 atom stereocenters. The second-order valence-corrected chi connectivity index (χ2v) is 8.57. The number of ether oxygens (including phenoxy) is 1. The lowest BCUT2D eigenvalue weighted by molar-refractivity contribution is -0.118. The Bertz CT molecular complexity index is 1010. The highest BCUT2D eigenvalue weighted by atomic mass is 32.2. The molecule has 0 aliphatic carbocycles. The van der Waals surface area contributed by atoms with Gasteiger partial charge in [-0.3, -0.25) is 10.1 Å². The SMILES string of the molecule is O=C1CN(Cc2ccc(CCS(=O)(=O)c3cccc(OCC(F)F)c3)[nH]2)C(=O)N1. The third-order valence-corrected chi connectivity index (χ3v) is 5.93. The molecule has 1 aliphatic heterocycles. The first-order valence-electron chi connectivity index (χ1n) is 8.72. The van der Waals surface area contributed by atoms with E-state index in [1.807, 2.05) is 0 Å². The van der Waals surface area contributed by atoms with Gasteiger partial charge in [-0.15, -0.1) is 0 Å². The zero-order valence-electron chi connectivity index (χ0n) is 15.2. The highest BCUT2D eigenvalue weighted by Gasteiger charge is 2.26. The van der Waals surface area contributed by atoms with Crippen molar-refractivity contribution in [2.24, 2.45) is 0 Å². The molecule has 1 saturated heterocycles. The fourth-order valence-electron chi connectivity index (χ4n) is 2.82. The zero-order valence-corrected chi connectivity index (χ0v) is 16.0.